The molecule has 0 spiro atoms. The third-order valence-electron chi connectivity index (χ3n) is 3.65. The van der Waals surface area contributed by atoms with Gasteiger partial charge in [-0.1, -0.05) is 42.0 Å². The van der Waals surface area contributed by atoms with E-state index in [9.17, 15) is 14.7 Å². The number of urea groups is 1. The lowest BCUT2D eigenvalue weighted by Crippen LogP contribution is -2.44. The first-order valence-electron chi connectivity index (χ1n) is 6.52. The van der Waals surface area contributed by atoms with Crippen LogP contribution in [-0.2, 0) is 10.3 Å². The van der Waals surface area contributed by atoms with Crippen LogP contribution in [0, 0.1) is 6.92 Å². The fraction of sp³-hybridized carbons (Fsp3) is 0.125. The summed E-state index contributed by atoms with van der Waals surface area (Å²) >= 11 is 0. The van der Waals surface area contributed by atoms with Gasteiger partial charge in [0.15, 0.2) is 5.54 Å². The molecule has 0 bridgehead atoms. The van der Waals surface area contributed by atoms with Gasteiger partial charge in [-0.2, -0.15) is 0 Å². The summed E-state index contributed by atoms with van der Waals surface area (Å²) in [6, 6.07) is 13.1. The highest BCUT2D eigenvalue weighted by Crippen LogP contribution is 2.33. The van der Waals surface area contributed by atoms with Crippen LogP contribution in [0.1, 0.15) is 16.7 Å². The zero-order chi connectivity index (χ0) is 15.0. The third kappa shape index (κ3) is 2.03. The van der Waals surface area contributed by atoms with Crippen molar-refractivity contribution in [3.63, 3.8) is 0 Å². The van der Waals surface area contributed by atoms with Crippen LogP contribution in [0.15, 0.2) is 48.5 Å². The summed E-state index contributed by atoms with van der Waals surface area (Å²) in [6.07, 6.45) is 0. The van der Waals surface area contributed by atoms with Gasteiger partial charge in [0.25, 0.3) is 5.91 Å². The zero-order valence-electron chi connectivity index (χ0n) is 11.4. The molecular formula is C16H14N2O3. The number of phenols is 1. The summed E-state index contributed by atoms with van der Waals surface area (Å²) in [4.78, 5) is 24.1. The third-order valence-corrected chi connectivity index (χ3v) is 3.65. The predicted octanol–water partition coefficient (Wildman–Crippen LogP) is 1.78. The van der Waals surface area contributed by atoms with Gasteiger partial charge in [-0.05, 0) is 30.2 Å². The average molecular weight is 282 g/mol. The number of nitrogens with one attached hydrogen (secondary N) is 2. The number of rotatable bonds is 2. The van der Waals surface area contributed by atoms with E-state index in [1.165, 1.54) is 12.1 Å². The van der Waals surface area contributed by atoms with E-state index < -0.39 is 17.5 Å². The number of carbonyl (C=O) groups excluding carboxylic acids is 2. The summed E-state index contributed by atoms with van der Waals surface area (Å²) < 4.78 is 0. The summed E-state index contributed by atoms with van der Waals surface area (Å²) in [7, 11) is 0. The molecule has 2 aromatic rings. The van der Waals surface area contributed by atoms with Crippen LogP contribution < -0.4 is 10.6 Å². The van der Waals surface area contributed by atoms with E-state index in [0.717, 1.165) is 5.56 Å². The Kier molecular flexibility index (Phi) is 2.90. The minimum Gasteiger partial charge on any atom is -0.508 e. The number of amides is 3. The van der Waals surface area contributed by atoms with Crippen LogP contribution in [0.4, 0.5) is 4.79 Å². The molecule has 1 aliphatic heterocycles. The summed E-state index contributed by atoms with van der Waals surface area (Å²) in [5.74, 6) is -0.329. The number of aryl methyl sites for hydroxylation is 1. The van der Waals surface area contributed by atoms with E-state index in [4.69, 9.17) is 0 Å². The molecule has 106 valence electrons. The first kappa shape index (κ1) is 13.2. The standard InChI is InChI=1S/C16H14N2O3/c1-10-2-4-11(5-3-10)16(14(20)17-15(21)18-16)12-6-8-13(19)9-7-12/h2-9,19H,1H3,(H2,17,18,20,21). The molecule has 0 aromatic heterocycles. The molecule has 1 heterocycles. The number of hydrogen-bond acceptors (Lipinski definition) is 3. The Labute approximate surface area is 121 Å². The number of phenolic OH excluding ortho intramolecular Hbond substituents is 1. The Morgan fingerprint density at radius 1 is 0.905 bits per heavy atom. The molecule has 1 atom stereocenters. The van der Waals surface area contributed by atoms with Crippen molar-refractivity contribution in [1.29, 1.82) is 0 Å². The van der Waals surface area contributed by atoms with Gasteiger partial charge < -0.3 is 10.4 Å². The maximum absolute atomic E-state index is 12.4. The Hall–Kier alpha value is -2.82. The normalized spacial score (nSPS) is 21.0. The molecule has 21 heavy (non-hydrogen) atoms. The van der Waals surface area contributed by atoms with Crippen LogP contribution in [0.2, 0.25) is 0 Å². The lowest BCUT2D eigenvalue weighted by molar-refractivity contribution is -0.122. The smallest absolute Gasteiger partial charge is 0.322 e. The quantitative estimate of drug-likeness (QED) is 0.735. The van der Waals surface area contributed by atoms with Gasteiger partial charge in [0.05, 0.1) is 0 Å². The van der Waals surface area contributed by atoms with Gasteiger partial charge in [-0.3, -0.25) is 10.1 Å². The number of carbonyl (C=O) groups is 2. The van der Waals surface area contributed by atoms with E-state index in [0.29, 0.717) is 11.1 Å². The molecule has 1 saturated heterocycles. The minimum absolute atomic E-state index is 0.0996. The number of imide groups is 1. The van der Waals surface area contributed by atoms with Gasteiger partial charge >= 0.3 is 6.03 Å². The maximum atomic E-state index is 12.4. The van der Waals surface area contributed by atoms with Crippen molar-refractivity contribution in [2.75, 3.05) is 0 Å². The van der Waals surface area contributed by atoms with E-state index in [2.05, 4.69) is 10.6 Å². The Morgan fingerprint density at radius 2 is 1.43 bits per heavy atom. The molecule has 5 nitrogen and oxygen atoms in total. The molecule has 1 unspecified atom stereocenters. The van der Waals surface area contributed by atoms with Crippen LogP contribution in [-0.4, -0.2) is 17.0 Å². The van der Waals surface area contributed by atoms with Crippen molar-refractivity contribution in [3.8, 4) is 5.75 Å². The second kappa shape index (κ2) is 4.63. The lowest BCUT2D eigenvalue weighted by atomic mass is 9.82. The molecule has 2 aromatic carbocycles. The van der Waals surface area contributed by atoms with E-state index in [-0.39, 0.29) is 5.75 Å². The molecular weight excluding hydrogens is 268 g/mol. The van der Waals surface area contributed by atoms with Crippen molar-refractivity contribution < 1.29 is 14.7 Å². The highest BCUT2D eigenvalue weighted by Gasteiger charge is 2.49. The zero-order valence-corrected chi connectivity index (χ0v) is 11.4. The van der Waals surface area contributed by atoms with Gasteiger partial charge in [-0.15, -0.1) is 0 Å². The second-order valence-electron chi connectivity index (χ2n) is 5.07. The molecule has 5 heteroatoms. The predicted molar refractivity (Wildman–Crippen MR) is 76.7 cm³/mol. The highest BCUT2D eigenvalue weighted by molar-refractivity contribution is 6.09. The number of benzene rings is 2. The number of aromatic hydroxyl groups is 1. The fourth-order valence-corrected chi connectivity index (χ4v) is 2.54. The minimum atomic E-state index is -1.27. The van der Waals surface area contributed by atoms with Gasteiger partial charge in [0, 0.05) is 0 Å². The fourth-order valence-electron chi connectivity index (χ4n) is 2.54. The Balaban J connectivity index is 2.20. The monoisotopic (exact) mass is 282 g/mol. The van der Waals surface area contributed by atoms with E-state index in [1.807, 2.05) is 31.2 Å². The molecule has 1 aliphatic rings. The average Bonchev–Trinajstić information content (AvgIpc) is 2.76. The van der Waals surface area contributed by atoms with Gasteiger partial charge in [0.1, 0.15) is 5.75 Å². The van der Waals surface area contributed by atoms with Crippen LogP contribution in [0.5, 0.6) is 5.75 Å². The largest absolute Gasteiger partial charge is 0.508 e. The topological polar surface area (TPSA) is 78.4 Å². The van der Waals surface area contributed by atoms with E-state index >= 15 is 0 Å². The van der Waals surface area contributed by atoms with Crippen LogP contribution in [0.25, 0.3) is 0 Å². The second-order valence-corrected chi connectivity index (χ2v) is 5.07. The van der Waals surface area contributed by atoms with Crippen molar-refractivity contribution in [3.05, 3.63) is 65.2 Å². The summed E-state index contributed by atoms with van der Waals surface area (Å²) in [5, 5.41) is 14.4. The first-order valence-corrected chi connectivity index (χ1v) is 6.52. The van der Waals surface area contributed by atoms with Crippen LogP contribution >= 0.6 is 0 Å². The summed E-state index contributed by atoms with van der Waals surface area (Å²) in [5.41, 5.74) is 1.05. The molecule has 1 fully saturated rings. The van der Waals surface area contributed by atoms with Gasteiger partial charge in [0.2, 0.25) is 0 Å². The van der Waals surface area contributed by atoms with Gasteiger partial charge in [-0.25, -0.2) is 4.79 Å². The first-order chi connectivity index (χ1) is 10.0. The molecule has 3 N–H and O–H groups in total. The molecule has 3 amide bonds. The molecule has 3 rings (SSSR count). The molecule has 0 radical (unpaired) electrons. The molecule has 0 saturated carbocycles. The number of hydrogen-bond donors (Lipinski definition) is 3. The highest BCUT2D eigenvalue weighted by atomic mass is 16.3. The molecule has 0 aliphatic carbocycles. The van der Waals surface area contributed by atoms with Crippen molar-refractivity contribution >= 4 is 11.9 Å². The summed E-state index contributed by atoms with van der Waals surface area (Å²) in [6.45, 7) is 1.95. The Bertz CT molecular complexity index is 660. The van der Waals surface area contributed by atoms with Crippen molar-refractivity contribution in [2.45, 2.75) is 12.5 Å². The van der Waals surface area contributed by atoms with E-state index in [1.54, 1.807) is 12.1 Å². The van der Waals surface area contributed by atoms with Crippen molar-refractivity contribution in [2.24, 2.45) is 0 Å². The van der Waals surface area contributed by atoms with Crippen molar-refractivity contribution in [1.82, 2.24) is 10.6 Å². The Morgan fingerprint density at radius 3 is 1.90 bits per heavy atom. The lowest BCUT2D eigenvalue weighted by Gasteiger charge is -2.27. The van der Waals surface area contributed by atoms with Crippen LogP contribution in [0.3, 0.4) is 0 Å². The maximum Gasteiger partial charge on any atom is 0.322 e. The SMILES string of the molecule is Cc1ccc(C2(c3ccc(O)cc3)NC(=O)NC2=O)cc1.